The Hall–Kier alpha value is -0.00169. The van der Waals surface area contributed by atoms with Crippen molar-refractivity contribution in [3.8, 4) is 0 Å². The molecule has 14 heteroatoms. The van der Waals surface area contributed by atoms with E-state index in [0.29, 0.717) is 13.8 Å². The van der Waals surface area contributed by atoms with Crippen LogP contribution in [-0.2, 0) is 27.5 Å². The number of nitrogens with one attached hydrogen (secondary N) is 2. The van der Waals surface area contributed by atoms with Gasteiger partial charge in [0.1, 0.15) is 4.32 Å². The second-order valence-electron chi connectivity index (χ2n) is 2.89. The Balaban J connectivity index is 0.000000361. The number of hydrazine groups is 1. The molecule has 0 aromatic heterocycles. The van der Waals surface area contributed by atoms with Crippen molar-refractivity contribution in [2.45, 2.75) is 0 Å². The number of hydrogen-bond acceptors (Lipinski definition) is 8. The Morgan fingerprint density at radius 3 is 2.50 bits per heavy atom. The van der Waals surface area contributed by atoms with Crippen LogP contribution >= 0.6 is 46.5 Å². The van der Waals surface area contributed by atoms with Gasteiger partial charge >= 0.3 is 69.9 Å². The SMILES string of the molecule is S=C(S)NN1CCOCC1.[N-]=[N+]=NNC(=S)[S][Mo](=[O])=[O]. The summed E-state index contributed by atoms with van der Waals surface area (Å²) >= 11 is 9.62. The van der Waals surface area contributed by atoms with Crippen LogP contribution in [0, 0.1) is 0 Å². The van der Waals surface area contributed by atoms with Gasteiger partial charge in [-0.05, 0) is 0 Å². The molecule has 1 aliphatic heterocycles. The predicted molar refractivity (Wildman–Crippen MR) is 81.0 cm³/mol. The van der Waals surface area contributed by atoms with Crippen molar-refractivity contribution in [3.05, 3.63) is 10.4 Å². The molecule has 1 aliphatic rings. The summed E-state index contributed by atoms with van der Waals surface area (Å²) in [5.41, 5.74) is 12.7. The number of thiol groups is 1. The molecule has 0 atom stereocenters. The monoisotopic (exact) mass is 441 g/mol. The molecule has 1 heterocycles. The molecule has 1 saturated heterocycles. The summed E-state index contributed by atoms with van der Waals surface area (Å²) in [5, 5.41) is 4.84. The summed E-state index contributed by atoms with van der Waals surface area (Å²) < 4.78 is 25.6. The van der Waals surface area contributed by atoms with Gasteiger partial charge in [0, 0.05) is 13.1 Å². The Morgan fingerprint density at radius 1 is 1.45 bits per heavy atom. The summed E-state index contributed by atoms with van der Waals surface area (Å²) in [5.74, 6) is 0. The number of rotatable bonds is 3. The van der Waals surface area contributed by atoms with Gasteiger partial charge < -0.3 is 10.2 Å². The van der Waals surface area contributed by atoms with E-state index in [4.69, 9.17) is 22.5 Å². The zero-order chi connectivity index (χ0) is 15.4. The Kier molecular flexibility index (Phi) is 12.7. The molecule has 0 amide bonds. The third-order valence-corrected chi connectivity index (χ3v) is 5.58. The van der Waals surface area contributed by atoms with Crippen LogP contribution in [0.3, 0.4) is 0 Å². The maximum atomic E-state index is 10.0. The number of nitrogens with zero attached hydrogens (tertiary/aromatic N) is 4. The van der Waals surface area contributed by atoms with Gasteiger partial charge in [-0.1, -0.05) is 12.2 Å². The normalized spacial score (nSPS) is 14.1. The van der Waals surface area contributed by atoms with Crippen molar-refractivity contribution >= 4 is 55.2 Å². The van der Waals surface area contributed by atoms with Gasteiger partial charge in [-0.3, -0.25) is 0 Å². The van der Waals surface area contributed by atoms with Crippen molar-refractivity contribution in [1.29, 1.82) is 0 Å². The van der Waals surface area contributed by atoms with Crippen LogP contribution in [-0.4, -0.2) is 40.0 Å². The molecule has 9 nitrogen and oxygen atoms in total. The second-order valence-corrected chi connectivity index (χ2v) is 9.13. The first-order valence-corrected chi connectivity index (χ1v) is 11.0. The Labute approximate surface area is 140 Å². The van der Waals surface area contributed by atoms with E-state index in [-0.39, 0.29) is 4.32 Å². The molecule has 0 aromatic rings. The minimum absolute atomic E-state index is 0.0422. The van der Waals surface area contributed by atoms with Crippen LogP contribution in [0.1, 0.15) is 0 Å². The van der Waals surface area contributed by atoms with Gasteiger partial charge in [-0.25, -0.2) is 5.01 Å². The first-order chi connectivity index (χ1) is 9.45. The second kappa shape index (κ2) is 12.7. The Bertz CT molecular complexity index is 440. The fourth-order valence-corrected chi connectivity index (χ4v) is 3.64. The van der Waals surface area contributed by atoms with Gasteiger partial charge in [0.2, 0.25) is 0 Å². The summed E-state index contributed by atoms with van der Waals surface area (Å²) in [4.78, 5) is 2.31. The maximum absolute atomic E-state index is 10.0. The quantitative estimate of drug-likeness (QED) is 0.113. The fourth-order valence-electron chi connectivity index (χ4n) is 0.954. The molecule has 0 unspecified atom stereocenters. The van der Waals surface area contributed by atoms with Crippen molar-refractivity contribution in [1.82, 2.24) is 15.9 Å². The third kappa shape index (κ3) is 13.0. The number of morpholine rings is 1. The molecule has 0 radical (unpaired) electrons. The van der Waals surface area contributed by atoms with E-state index >= 15 is 0 Å². The molecular weight excluding hydrogens is 428 g/mol. The number of azide groups is 1. The predicted octanol–water partition coefficient (Wildman–Crippen LogP) is 1.08. The first kappa shape index (κ1) is 20.0. The average Bonchev–Trinajstić information content (AvgIpc) is 2.37. The molecule has 1 rings (SSSR count). The summed E-state index contributed by atoms with van der Waals surface area (Å²) in [7, 11) is 0.509. The van der Waals surface area contributed by atoms with Crippen molar-refractivity contribution in [2.75, 3.05) is 26.3 Å². The molecule has 1 fully saturated rings. The number of ether oxygens (including phenoxy) is 1. The van der Waals surface area contributed by atoms with Crippen LogP contribution < -0.4 is 10.9 Å². The average molecular weight is 439 g/mol. The minimum atomic E-state index is -3.50. The van der Waals surface area contributed by atoms with Gasteiger partial charge in [0.15, 0.2) is 0 Å². The molecular formula is C6H11MoN6O3S4. The summed E-state index contributed by atoms with van der Waals surface area (Å²) in [6, 6.07) is 0. The van der Waals surface area contributed by atoms with E-state index in [1.807, 2.05) is 10.4 Å². The number of thiocarbonyl (C=S) groups is 2. The molecule has 0 aliphatic carbocycles. The Morgan fingerprint density at radius 2 is 2.05 bits per heavy atom. The molecule has 113 valence electrons. The van der Waals surface area contributed by atoms with Crippen molar-refractivity contribution in [3.63, 3.8) is 0 Å². The van der Waals surface area contributed by atoms with E-state index in [1.165, 1.54) is 0 Å². The van der Waals surface area contributed by atoms with Gasteiger partial charge in [0.25, 0.3) is 0 Å². The number of hydrogen-bond donors (Lipinski definition) is 3. The molecule has 20 heavy (non-hydrogen) atoms. The van der Waals surface area contributed by atoms with Gasteiger partial charge in [-0.2, -0.15) is 0 Å². The van der Waals surface area contributed by atoms with Crippen LogP contribution in [0.25, 0.3) is 10.4 Å². The van der Waals surface area contributed by atoms with Crippen LogP contribution in [0.15, 0.2) is 5.22 Å². The third-order valence-electron chi connectivity index (χ3n) is 1.59. The molecule has 0 bridgehead atoms. The van der Waals surface area contributed by atoms with E-state index in [9.17, 15) is 6.80 Å². The van der Waals surface area contributed by atoms with Crippen LogP contribution in [0.5, 0.6) is 0 Å². The van der Waals surface area contributed by atoms with Gasteiger partial charge in [0.05, 0.1) is 13.2 Å². The zero-order valence-electron chi connectivity index (χ0n) is 9.92. The van der Waals surface area contributed by atoms with Crippen molar-refractivity contribution < 1.29 is 27.5 Å². The fraction of sp³-hybridized carbons (Fsp3) is 0.667. The van der Waals surface area contributed by atoms with E-state index in [1.54, 1.807) is 0 Å². The van der Waals surface area contributed by atoms with E-state index in [0.717, 1.165) is 26.3 Å². The zero-order valence-corrected chi connectivity index (χ0v) is 15.3. The summed E-state index contributed by atoms with van der Waals surface area (Å²) in [6.07, 6.45) is 0. The van der Waals surface area contributed by atoms with Crippen LogP contribution in [0.4, 0.5) is 0 Å². The van der Waals surface area contributed by atoms with Crippen molar-refractivity contribution in [2.24, 2.45) is 5.22 Å². The van der Waals surface area contributed by atoms with Gasteiger partial charge in [-0.15, -0.1) is 12.6 Å². The first-order valence-electron chi connectivity index (χ1n) is 4.89. The molecule has 0 spiro atoms. The standard InChI is InChI=1S/C5H10N2OS2.CH2N4S2.Mo.2O/c9-5(10)6-7-1-3-8-4-2-7;2-4-5-3-1(6)7;;;/h1-4H2,(H2,6,9,10);(H2,3,6,7);;;/q;;+1;;/p-1. The molecule has 2 N–H and O–H groups in total. The molecule has 0 saturated carbocycles. The van der Waals surface area contributed by atoms with E-state index in [2.05, 4.69) is 40.4 Å². The van der Waals surface area contributed by atoms with E-state index < -0.39 is 16.0 Å². The summed E-state index contributed by atoms with van der Waals surface area (Å²) in [6.45, 7) is 3.29. The topological polar surface area (TPSA) is 119 Å². The van der Waals surface area contributed by atoms with Crippen LogP contribution in [0.2, 0.25) is 0 Å². The molecule has 0 aromatic carbocycles.